The maximum absolute atomic E-state index is 12.9. The van der Waals surface area contributed by atoms with Crippen molar-refractivity contribution in [3.05, 3.63) is 58.5 Å². The van der Waals surface area contributed by atoms with Crippen molar-refractivity contribution in [3.8, 4) is 5.69 Å². The summed E-state index contributed by atoms with van der Waals surface area (Å²) in [5, 5.41) is 1.20. The highest BCUT2D eigenvalue weighted by Crippen LogP contribution is 2.34. The first-order valence-electron chi connectivity index (χ1n) is 6.59. The fraction of sp³-hybridized carbons (Fsp3) is 0.188. The molecule has 0 saturated carbocycles. The number of fused-ring (bicyclic) bond motifs is 1. The van der Waals surface area contributed by atoms with Crippen molar-refractivity contribution in [3.63, 3.8) is 0 Å². The van der Waals surface area contributed by atoms with Gasteiger partial charge in [-0.15, -0.1) is 0 Å². The Kier molecular flexibility index (Phi) is 3.40. The molecule has 2 aromatic heterocycles. The molecule has 0 saturated heterocycles. The van der Waals surface area contributed by atoms with Gasteiger partial charge in [0.25, 0.3) is 0 Å². The van der Waals surface area contributed by atoms with Crippen molar-refractivity contribution < 1.29 is 13.2 Å². The third-order valence-electron chi connectivity index (χ3n) is 3.61. The van der Waals surface area contributed by atoms with E-state index in [4.69, 9.17) is 11.6 Å². The molecule has 3 rings (SSSR count). The number of hydrogen-bond donors (Lipinski definition) is 0. The van der Waals surface area contributed by atoms with Gasteiger partial charge in [-0.1, -0.05) is 17.7 Å². The van der Waals surface area contributed by atoms with Gasteiger partial charge in [-0.3, -0.25) is 4.98 Å². The SMILES string of the molecule is Cc1cnc(C)c(-n2ccc3ccc(C(F)(F)F)cc32)c1Cl. The van der Waals surface area contributed by atoms with Gasteiger partial charge in [-0.2, -0.15) is 13.2 Å². The van der Waals surface area contributed by atoms with Crippen LogP contribution in [-0.4, -0.2) is 9.55 Å². The normalized spacial score (nSPS) is 12.1. The first kappa shape index (κ1) is 14.9. The van der Waals surface area contributed by atoms with Crippen LogP contribution in [0, 0.1) is 13.8 Å². The van der Waals surface area contributed by atoms with E-state index in [1.54, 1.807) is 30.0 Å². The van der Waals surface area contributed by atoms with E-state index < -0.39 is 11.7 Å². The van der Waals surface area contributed by atoms with Crippen LogP contribution in [0.4, 0.5) is 13.2 Å². The molecule has 1 aromatic carbocycles. The van der Waals surface area contributed by atoms with Gasteiger partial charge in [0.2, 0.25) is 0 Å². The van der Waals surface area contributed by atoms with Crippen LogP contribution in [0.25, 0.3) is 16.6 Å². The second-order valence-corrected chi connectivity index (χ2v) is 5.52. The van der Waals surface area contributed by atoms with Crippen molar-refractivity contribution in [2.45, 2.75) is 20.0 Å². The van der Waals surface area contributed by atoms with E-state index in [1.165, 1.54) is 6.07 Å². The average molecular weight is 325 g/mol. The number of hydrogen-bond acceptors (Lipinski definition) is 1. The second kappa shape index (κ2) is 5.02. The fourth-order valence-electron chi connectivity index (χ4n) is 2.44. The molecule has 0 aliphatic rings. The molecule has 0 radical (unpaired) electrons. The lowest BCUT2D eigenvalue weighted by Gasteiger charge is -2.13. The maximum atomic E-state index is 12.9. The highest BCUT2D eigenvalue weighted by Gasteiger charge is 2.30. The lowest BCUT2D eigenvalue weighted by molar-refractivity contribution is -0.137. The summed E-state index contributed by atoms with van der Waals surface area (Å²) in [4.78, 5) is 4.25. The zero-order chi connectivity index (χ0) is 16.1. The molecule has 6 heteroatoms. The van der Waals surface area contributed by atoms with Crippen molar-refractivity contribution in [1.29, 1.82) is 0 Å². The minimum absolute atomic E-state index is 0.451. The number of alkyl halides is 3. The van der Waals surface area contributed by atoms with Gasteiger partial charge in [0.1, 0.15) is 0 Å². The third kappa shape index (κ3) is 2.35. The van der Waals surface area contributed by atoms with Gasteiger partial charge in [0.05, 0.1) is 27.5 Å². The fourth-order valence-corrected chi connectivity index (χ4v) is 2.71. The molecule has 114 valence electrons. The van der Waals surface area contributed by atoms with Crippen molar-refractivity contribution in [2.75, 3.05) is 0 Å². The van der Waals surface area contributed by atoms with Gasteiger partial charge in [-0.05, 0) is 43.0 Å². The number of aryl methyl sites for hydroxylation is 2. The molecule has 0 atom stereocenters. The molecule has 0 aliphatic carbocycles. The van der Waals surface area contributed by atoms with Crippen LogP contribution in [0.3, 0.4) is 0 Å². The predicted molar refractivity (Wildman–Crippen MR) is 80.6 cm³/mol. The smallest absolute Gasteiger partial charge is 0.314 e. The highest BCUT2D eigenvalue weighted by molar-refractivity contribution is 6.33. The highest BCUT2D eigenvalue weighted by atomic mass is 35.5. The minimum Gasteiger partial charge on any atom is -0.314 e. The van der Waals surface area contributed by atoms with Gasteiger partial charge in [0.15, 0.2) is 0 Å². The van der Waals surface area contributed by atoms with E-state index >= 15 is 0 Å². The first-order valence-corrected chi connectivity index (χ1v) is 6.97. The van der Waals surface area contributed by atoms with Gasteiger partial charge in [-0.25, -0.2) is 0 Å². The zero-order valence-electron chi connectivity index (χ0n) is 11.9. The lowest BCUT2D eigenvalue weighted by Crippen LogP contribution is -2.05. The number of aromatic nitrogens is 2. The van der Waals surface area contributed by atoms with E-state index in [1.807, 2.05) is 6.92 Å². The topological polar surface area (TPSA) is 17.8 Å². The Balaban J connectivity index is 2.31. The Labute approximate surface area is 130 Å². The van der Waals surface area contributed by atoms with Gasteiger partial charge >= 0.3 is 6.18 Å². The van der Waals surface area contributed by atoms with E-state index in [-0.39, 0.29) is 0 Å². The number of pyridine rings is 1. The van der Waals surface area contributed by atoms with E-state index in [0.29, 0.717) is 27.3 Å². The largest absolute Gasteiger partial charge is 0.416 e. The number of nitrogens with zero attached hydrogens (tertiary/aromatic N) is 2. The molecule has 0 spiro atoms. The Morgan fingerprint density at radius 2 is 1.86 bits per heavy atom. The van der Waals surface area contributed by atoms with Crippen LogP contribution in [0.15, 0.2) is 36.7 Å². The average Bonchev–Trinajstić information content (AvgIpc) is 2.86. The van der Waals surface area contributed by atoms with Gasteiger partial charge < -0.3 is 4.57 Å². The molecule has 22 heavy (non-hydrogen) atoms. The first-order chi connectivity index (χ1) is 10.3. The molecule has 0 fully saturated rings. The summed E-state index contributed by atoms with van der Waals surface area (Å²) in [6.07, 6.45) is -1.03. The molecule has 0 amide bonds. The van der Waals surface area contributed by atoms with Crippen LogP contribution < -0.4 is 0 Å². The Hall–Kier alpha value is -2.01. The quantitative estimate of drug-likeness (QED) is 0.592. The molecule has 0 bridgehead atoms. The molecule has 0 unspecified atom stereocenters. The summed E-state index contributed by atoms with van der Waals surface area (Å²) in [7, 11) is 0. The Morgan fingerprint density at radius 1 is 1.14 bits per heavy atom. The van der Waals surface area contributed by atoms with Gasteiger partial charge in [0, 0.05) is 12.4 Å². The molecule has 3 aromatic rings. The standard InChI is InChI=1S/C16H12ClF3N2/c1-9-8-21-10(2)15(14(9)17)22-6-5-11-3-4-12(7-13(11)22)16(18,19)20/h3-8H,1-2H3. The van der Waals surface area contributed by atoms with E-state index in [2.05, 4.69) is 4.98 Å². The van der Waals surface area contributed by atoms with Crippen LogP contribution >= 0.6 is 11.6 Å². The summed E-state index contributed by atoms with van der Waals surface area (Å²) in [6, 6.07) is 5.43. The van der Waals surface area contributed by atoms with Crippen molar-refractivity contribution in [2.24, 2.45) is 0 Å². The summed E-state index contributed by atoms with van der Waals surface area (Å²) in [5.41, 5.74) is 1.80. The third-order valence-corrected chi connectivity index (χ3v) is 4.09. The van der Waals surface area contributed by atoms with Crippen LogP contribution in [0.1, 0.15) is 16.8 Å². The number of benzene rings is 1. The molecule has 0 N–H and O–H groups in total. The molecule has 2 heterocycles. The summed E-state index contributed by atoms with van der Waals surface area (Å²) < 4.78 is 40.4. The zero-order valence-corrected chi connectivity index (χ0v) is 12.6. The monoisotopic (exact) mass is 324 g/mol. The van der Waals surface area contributed by atoms with Crippen LogP contribution in [-0.2, 0) is 6.18 Å². The van der Waals surface area contributed by atoms with E-state index in [0.717, 1.165) is 17.7 Å². The molecular formula is C16H12ClF3N2. The summed E-state index contributed by atoms with van der Waals surface area (Å²) in [6.45, 7) is 3.59. The summed E-state index contributed by atoms with van der Waals surface area (Å²) >= 11 is 6.34. The van der Waals surface area contributed by atoms with Crippen molar-refractivity contribution in [1.82, 2.24) is 9.55 Å². The van der Waals surface area contributed by atoms with E-state index in [9.17, 15) is 13.2 Å². The second-order valence-electron chi connectivity index (χ2n) is 5.15. The maximum Gasteiger partial charge on any atom is 0.416 e. The summed E-state index contributed by atoms with van der Waals surface area (Å²) in [5.74, 6) is 0. The minimum atomic E-state index is -4.38. The number of halogens is 4. The predicted octanol–water partition coefficient (Wildman–Crippen LogP) is 5.31. The van der Waals surface area contributed by atoms with Crippen LogP contribution in [0.5, 0.6) is 0 Å². The Bertz CT molecular complexity index is 866. The number of rotatable bonds is 1. The molecular weight excluding hydrogens is 313 g/mol. The molecule has 2 nitrogen and oxygen atoms in total. The van der Waals surface area contributed by atoms with Crippen LogP contribution in [0.2, 0.25) is 5.02 Å². The Morgan fingerprint density at radius 3 is 2.55 bits per heavy atom. The van der Waals surface area contributed by atoms with Crippen molar-refractivity contribution >= 4 is 22.5 Å². The lowest BCUT2D eigenvalue weighted by atomic mass is 10.1. The molecule has 0 aliphatic heterocycles.